The minimum atomic E-state index is -4.58. The molecule has 0 N–H and O–H groups in total. The number of hydrogen-bond donors (Lipinski definition) is 0. The molecule has 4 heterocycles. The lowest BCUT2D eigenvalue weighted by Gasteiger charge is -2.39. The van der Waals surface area contributed by atoms with E-state index in [9.17, 15) is 18.0 Å². The van der Waals surface area contributed by atoms with Crippen LogP contribution in [0.4, 0.5) is 13.2 Å². The van der Waals surface area contributed by atoms with Crippen LogP contribution in [0.25, 0.3) is 0 Å². The molecule has 1 aromatic carbocycles. The molecule has 12 heteroatoms. The zero-order valence-corrected chi connectivity index (χ0v) is 21.7. The van der Waals surface area contributed by atoms with Gasteiger partial charge in [-0.05, 0) is 34.3 Å². The summed E-state index contributed by atoms with van der Waals surface area (Å²) < 4.78 is 41.3. The summed E-state index contributed by atoms with van der Waals surface area (Å²) >= 11 is 4.71. The van der Waals surface area contributed by atoms with Gasteiger partial charge in [0.1, 0.15) is 16.5 Å². The molecule has 5 rings (SSSR count). The standard InChI is InChI=1S/C24H23BrF3N5O2S/c1-2-22(34)32-9-8-15(10-21(32)33-20(25)12-19(30-33)24(26,27)28)23-29-17(13-36-23)16-11-18(35-31-16)14-6-4-3-5-7-14/h3-7,12-13,15,18,21H,2,8-11H2,1H3. The van der Waals surface area contributed by atoms with Crippen molar-refractivity contribution >= 4 is 38.9 Å². The van der Waals surface area contributed by atoms with Gasteiger partial charge in [-0.1, -0.05) is 42.4 Å². The van der Waals surface area contributed by atoms with E-state index in [1.165, 1.54) is 16.0 Å². The highest BCUT2D eigenvalue weighted by atomic mass is 79.9. The Balaban J connectivity index is 1.35. The highest BCUT2D eigenvalue weighted by molar-refractivity contribution is 9.10. The fourth-order valence-electron chi connectivity index (χ4n) is 4.60. The Labute approximate surface area is 218 Å². The van der Waals surface area contributed by atoms with Crippen LogP contribution < -0.4 is 0 Å². The van der Waals surface area contributed by atoms with Crippen LogP contribution in [0.2, 0.25) is 0 Å². The summed E-state index contributed by atoms with van der Waals surface area (Å²) in [6.45, 7) is 2.15. The first kappa shape index (κ1) is 24.9. The average molecular weight is 582 g/mol. The Morgan fingerprint density at radius 2 is 2.06 bits per heavy atom. The van der Waals surface area contributed by atoms with Crippen LogP contribution in [0.5, 0.6) is 0 Å². The predicted molar refractivity (Wildman–Crippen MR) is 131 cm³/mol. The van der Waals surface area contributed by atoms with Gasteiger partial charge in [-0.15, -0.1) is 11.3 Å². The Hall–Kier alpha value is -2.73. The Morgan fingerprint density at radius 3 is 2.75 bits per heavy atom. The molecule has 2 aliphatic heterocycles. The third-order valence-electron chi connectivity index (χ3n) is 6.47. The summed E-state index contributed by atoms with van der Waals surface area (Å²) in [7, 11) is 0. The molecule has 190 valence electrons. The summed E-state index contributed by atoms with van der Waals surface area (Å²) in [4.78, 5) is 24.7. The van der Waals surface area contributed by atoms with Crippen LogP contribution in [0.15, 0.2) is 51.5 Å². The van der Waals surface area contributed by atoms with Gasteiger partial charge in [0.25, 0.3) is 0 Å². The molecule has 0 bridgehead atoms. The van der Waals surface area contributed by atoms with Gasteiger partial charge in [-0.25, -0.2) is 9.67 Å². The highest BCUT2D eigenvalue weighted by Crippen LogP contribution is 2.41. The maximum atomic E-state index is 13.3. The van der Waals surface area contributed by atoms with Crippen molar-refractivity contribution in [2.75, 3.05) is 6.54 Å². The molecule has 0 spiro atoms. The van der Waals surface area contributed by atoms with Gasteiger partial charge >= 0.3 is 6.18 Å². The number of carbonyl (C=O) groups excluding carboxylic acids is 1. The van der Waals surface area contributed by atoms with E-state index in [1.54, 1.807) is 11.8 Å². The van der Waals surface area contributed by atoms with Crippen molar-refractivity contribution in [1.82, 2.24) is 19.7 Å². The number of alkyl halides is 3. The zero-order chi connectivity index (χ0) is 25.4. The molecule has 3 aromatic rings. The number of thiazole rings is 1. The monoisotopic (exact) mass is 581 g/mol. The second kappa shape index (κ2) is 9.97. The number of nitrogens with zero attached hydrogens (tertiary/aromatic N) is 5. The van der Waals surface area contributed by atoms with E-state index in [-0.39, 0.29) is 29.0 Å². The van der Waals surface area contributed by atoms with Crippen molar-refractivity contribution in [2.24, 2.45) is 5.16 Å². The Bertz CT molecular complexity index is 1280. The average Bonchev–Trinajstić information content (AvgIpc) is 3.63. The molecule has 7 nitrogen and oxygen atoms in total. The summed E-state index contributed by atoms with van der Waals surface area (Å²) in [6.07, 6.45) is -3.44. The smallest absolute Gasteiger partial charge is 0.387 e. The van der Waals surface area contributed by atoms with E-state index in [2.05, 4.69) is 26.2 Å². The van der Waals surface area contributed by atoms with E-state index < -0.39 is 18.0 Å². The molecule has 0 aliphatic carbocycles. The SMILES string of the molecule is CCC(=O)N1CCC(c2nc(C3=NOC(c4ccccc4)C3)cs2)CC1n1nc(C(F)(F)F)cc1Br. The van der Waals surface area contributed by atoms with E-state index in [0.29, 0.717) is 25.8 Å². The van der Waals surface area contributed by atoms with Crippen molar-refractivity contribution in [1.29, 1.82) is 0 Å². The Kier molecular flexibility index (Phi) is 6.90. The van der Waals surface area contributed by atoms with Gasteiger partial charge in [0, 0.05) is 36.8 Å². The number of aromatic nitrogens is 3. The number of rotatable bonds is 5. The number of oxime groups is 1. The van der Waals surface area contributed by atoms with Crippen molar-refractivity contribution in [3.63, 3.8) is 0 Å². The summed E-state index contributed by atoms with van der Waals surface area (Å²) in [5, 5.41) is 10.9. The Morgan fingerprint density at radius 1 is 1.28 bits per heavy atom. The maximum Gasteiger partial charge on any atom is 0.435 e. The number of piperidine rings is 1. The molecule has 2 aliphatic rings. The summed E-state index contributed by atoms with van der Waals surface area (Å²) in [5.74, 6) is -0.161. The molecule has 0 radical (unpaired) electrons. The fourth-order valence-corrected chi connectivity index (χ4v) is 6.11. The number of likely N-dealkylation sites (tertiary alicyclic amines) is 1. The van der Waals surface area contributed by atoms with Crippen molar-refractivity contribution < 1.29 is 22.8 Å². The fraction of sp³-hybridized carbons (Fsp3) is 0.417. The van der Waals surface area contributed by atoms with Gasteiger partial charge in [-0.2, -0.15) is 18.3 Å². The third kappa shape index (κ3) is 4.93. The van der Waals surface area contributed by atoms with E-state index >= 15 is 0 Å². The largest absolute Gasteiger partial charge is 0.435 e. The van der Waals surface area contributed by atoms with Crippen LogP contribution in [0.3, 0.4) is 0 Å². The van der Waals surface area contributed by atoms with Crippen LogP contribution >= 0.6 is 27.3 Å². The first-order chi connectivity index (χ1) is 17.2. The second-order valence-corrected chi connectivity index (χ2v) is 10.5. The van der Waals surface area contributed by atoms with Gasteiger partial charge in [0.15, 0.2) is 11.8 Å². The number of hydrogen-bond acceptors (Lipinski definition) is 6. The first-order valence-electron chi connectivity index (χ1n) is 11.6. The molecule has 1 amide bonds. The predicted octanol–water partition coefficient (Wildman–Crippen LogP) is 6.30. The van der Waals surface area contributed by atoms with Crippen molar-refractivity contribution in [3.8, 4) is 0 Å². The quantitative estimate of drug-likeness (QED) is 0.354. The van der Waals surface area contributed by atoms with Crippen molar-refractivity contribution in [2.45, 2.75) is 57.0 Å². The number of amides is 1. The number of carbonyl (C=O) groups is 1. The van der Waals surface area contributed by atoms with E-state index in [4.69, 9.17) is 9.82 Å². The third-order valence-corrected chi connectivity index (χ3v) is 8.07. The van der Waals surface area contributed by atoms with Gasteiger partial charge < -0.3 is 9.74 Å². The molecular formula is C24H23BrF3N5O2S. The van der Waals surface area contributed by atoms with E-state index in [0.717, 1.165) is 28.0 Å². The molecule has 1 fully saturated rings. The highest BCUT2D eigenvalue weighted by Gasteiger charge is 2.39. The van der Waals surface area contributed by atoms with Gasteiger partial charge in [0.2, 0.25) is 5.91 Å². The molecule has 2 aromatic heterocycles. The summed E-state index contributed by atoms with van der Waals surface area (Å²) in [6, 6.07) is 10.8. The lowest BCUT2D eigenvalue weighted by molar-refractivity contribution is -0.142. The molecule has 3 unspecified atom stereocenters. The lowest BCUT2D eigenvalue weighted by atomic mass is 9.94. The maximum absolute atomic E-state index is 13.3. The number of benzene rings is 1. The van der Waals surface area contributed by atoms with Gasteiger partial charge in [-0.3, -0.25) is 4.79 Å². The minimum absolute atomic E-state index is 0.0343. The normalized spacial score (nSPS) is 22.4. The molecule has 0 saturated carbocycles. The van der Waals surface area contributed by atoms with Crippen LogP contribution in [0, 0.1) is 0 Å². The summed E-state index contributed by atoms with van der Waals surface area (Å²) in [5.41, 5.74) is 1.57. The van der Waals surface area contributed by atoms with Crippen LogP contribution in [0.1, 0.15) is 72.8 Å². The first-order valence-corrected chi connectivity index (χ1v) is 13.3. The number of halogens is 4. The molecule has 1 saturated heterocycles. The van der Waals surface area contributed by atoms with Crippen LogP contribution in [-0.2, 0) is 15.8 Å². The minimum Gasteiger partial charge on any atom is -0.387 e. The molecule has 36 heavy (non-hydrogen) atoms. The second-order valence-electron chi connectivity index (χ2n) is 8.76. The molecular weight excluding hydrogens is 559 g/mol. The lowest BCUT2D eigenvalue weighted by Crippen LogP contribution is -2.43. The zero-order valence-electron chi connectivity index (χ0n) is 19.3. The van der Waals surface area contributed by atoms with E-state index in [1.807, 2.05) is 35.7 Å². The van der Waals surface area contributed by atoms with Crippen LogP contribution in [-0.4, -0.2) is 37.8 Å². The topological polar surface area (TPSA) is 72.6 Å². The molecule has 3 atom stereocenters. The van der Waals surface area contributed by atoms with Crippen molar-refractivity contribution in [3.05, 3.63) is 68.3 Å². The van der Waals surface area contributed by atoms with Gasteiger partial charge in [0.05, 0.1) is 10.7 Å².